The molecule has 2 heterocycles. The third-order valence-corrected chi connectivity index (χ3v) is 6.01. The van der Waals surface area contributed by atoms with Gasteiger partial charge in [-0.2, -0.15) is 14.6 Å². The van der Waals surface area contributed by atoms with Crippen LogP contribution < -0.4 is 14.8 Å². The van der Waals surface area contributed by atoms with Crippen molar-refractivity contribution in [3.05, 3.63) is 51.9 Å². The Balaban J connectivity index is 1.80. The molecule has 170 valence electrons. The van der Waals surface area contributed by atoms with Crippen molar-refractivity contribution >= 4 is 62.3 Å². The van der Waals surface area contributed by atoms with Crippen molar-refractivity contribution in [1.82, 2.24) is 9.36 Å². The fourth-order valence-corrected chi connectivity index (χ4v) is 4.38. The van der Waals surface area contributed by atoms with Crippen LogP contribution in [0.2, 0.25) is 0 Å². The highest BCUT2D eigenvalue weighted by Crippen LogP contribution is 2.38. The number of furan rings is 1. The first-order valence-electron chi connectivity index (χ1n) is 9.37. The van der Waals surface area contributed by atoms with Crippen molar-refractivity contribution in [2.24, 2.45) is 0 Å². The third kappa shape index (κ3) is 6.44. The van der Waals surface area contributed by atoms with Crippen LogP contribution in [-0.4, -0.2) is 33.6 Å². The summed E-state index contributed by atoms with van der Waals surface area (Å²) in [6.07, 6.45) is 2.74. The van der Waals surface area contributed by atoms with Crippen molar-refractivity contribution < 1.29 is 23.5 Å². The summed E-state index contributed by atoms with van der Waals surface area (Å²) >= 11 is 5.84. The van der Waals surface area contributed by atoms with Crippen molar-refractivity contribution in [3.8, 4) is 17.6 Å². The highest BCUT2D eigenvalue weighted by Gasteiger charge is 2.19. The van der Waals surface area contributed by atoms with Crippen LogP contribution in [0.1, 0.15) is 30.0 Å². The summed E-state index contributed by atoms with van der Waals surface area (Å²) < 4.78 is 20.3. The summed E-state index contributed by atoms with van der Waals surface area (Å²) in [5.41, 5.74) is 0.314. The van der Waals surface area contributed by atoms with Gasteiger partial charge in [-0.3, -0.25) is 10.1 Å². The highest BCUT2D eigenvalue weighted by atomic mass is 79.9. The van der Waals surface area contributed by atoms with E-state index in [0.717, 1.165) is 11.5 Å². The van der Waals surface area contributed by atoms with Gasteiger partial charge in [-0.05, 0) is 51.8 Å². The lowest BCUT2D eigenvalue weighted by atomic mass is 10.1. The molecule has 12 heteroatoms. The molecule has 0 radical (unpaired) electrons. The summed E-state index contributed by atoms with van der Waals surface area (Å²) in [5, 5.41) is 13.2. The summed E-state index contributed by atoms with van der Waals surface area (Å²) in [6.45, 7) is 4.02. The number of carbonyl (C=O) groups excluding carboxylic acids is 2. The number of ether oxygens (including phenoxy) is 2. The number of amides is 1. The van der Waals surface area contributed by atoms with E-state index in [0.29, 0.717) is 25.6 Å². The largest absolute Gasteiger partial charge is 0.493 e. The van der Waals surface area contributed by atoms with E-state index in [1.807, 2.05) is 19.9 Å². The fraction of sp³-hybridized carbons (Fsp3) is 0.190. The van der Waals surface area contributed by atoms with E-state index in [-0.39, 0.29) is 22.8 Å². The number of hydrogen-bond donors (Lipinski definition) is 1. The van der Waals surface area contributed by atoms with Gasteiger partial charge in [0.15, 0.2) is 11.5 Å². The van der Waals surface area contributed by atoms with Crippen molar-refractivity contribution in [1.29, 1.82) is 5.26 Å². The summed E-state index contributed by atoms with van der Waals surface area (Å²) in [6, 6.07) is 8.03. The van der Waals surface area contributed by atoms with E-state index in [4.69, 9.17) is 13.9 Å². The molecular weight excluding hydrogens is 532 g/mol. The molecule has 0 bridgehead atoms. The van der Waals surface area contributed by atoms with Gasteiger partial charge < -0.3 is 13.9 Å². The second-order valence-corrected chi connectivity index (χ2v) is 9.72. The third-order valence-electron chi connectivity index (χ3n) is 3.81. The van der Waals surface area contributed by atoms with Gasteiger partial charge in [0.25, 0.3) is 5.91 Å². The SMILES string of the molecule is COc1cc(/C=C(/C#N)C(=O)Nc2nc(SC(C)C)ns2)cc(Br)c1OC(=O)c1ccco1. The minimum atomic E-state index is -0.702. The van der Waals surface area contributed by atoms with Crippen LogP contribution in [0.4, 0.5) is 5.13 Å². The number of rotatable bonds is 8. The van der Waals surface area contributed by atoms with Gasteiger partial charge in [0.2, 0.25) is 16.0 Å². The number of halogens is 1. The monoisotopic (exact) mass is 548 g/mol. The number of aromatic nitrogens is 2. The molecule has 2 aromatic heterocycles. The number of nitrogens with one attached hydrogen (secondary N) is 1. The Morgan fingerprint density at radius 2 is 2.18 bits per heavy atom. The quantitative estimate of drug-likeness (QED) is 0.133. The van der Waals surface area contributed by atoms with Gasteiger partial charge in [0.1, 0.15) is 11.6 Å². The first-order chi connectivity index (χ1) is 15.8. The van der Waals surface area contributed by atoms with Gasteiger partial charge in [-0.1, -0.05) is 25.6 Å². The van der Waals surface area contributed by atoms with E-state index in [1.54, 1.807) is 12.1 Å². The second kappa shape index (κ2) is 11.1. The zero-order valence-corrected chi connectivity index (χ0v) is 20.8. The fourth-order valence-electron chi connectivity index (χ4n) is 2.46. The van der Waals surface area contributed by atoms with Crippen molar-refractivity contribution in [2.45, 2.75) is 24.3 Å². The van der Waals surface area contributed by atoms with Crippen LogP contribution in [0.25, 0.3) is 6.08 Å². The zero-order valence-electron chi connectivity index (χ0n) is 17.6. The molecule has 1 N–H and O–H groups in total. The van der Waals surface area contributed by atoms with E-state index < -0.39 is 11.9 Å². The molecule has 33 heavy (non-hydrogen) atoms. The van der Waals surface area contributed by atoms with Crippen LogP contribution >= 0.6 is 39.2 Å². The molecule has 0 aliphatic heterocycles. The number of benzene rings is 1. The molecule has 1 aromatic carbocycles. The predicted octanol–water partition coefficient (Wildman–Crippen LogP) is 5.17. The average Bonchev–Trinajstić information content (AvgIpc) is 3.45. The summed E-state index contributed by atoms with van der Waals surface area (Å²) in [5.74, 6) is -0.955. The molecule has 0 atom stereocenters. The van der Waals surface area contributed by atoms with Gasteiger partial charge in [0, 0.05) is 16.8 Å². The first-order valence-corrected chi connectivity index (χ1v) is 11.8. The lowest BCUT2D eigenvalue weighted by Gasteiger charge is -2.11. The maximum absolute atomic E-state index is 12.6. The number of nitriles is 1. The number of carbonyl (C=O) groups is 2. The molecule has 0 aliphatic rings. The summed E-state index contributed by atoms with van der Waals surface area (Å²) in [7, 11) is 1.40. The van der Waals surface area contributed by atoms with Crippen LogP contribution in [0.3, 0.4) is 0 Å². The van der Waals surface area contributed by atoms with Crippen molar-refractivity contribution in [2.75, 3.05) is 12.4 Å². The average molecular weight is 549 g/mol. The van der Waals surface area contributed by atoms with Crippen molar-refractivity contribution in [3.63, 3.8) is 0 Å². The number of esters is 1. The maximum atomic E-state index is 12.6. The number of hydrogen-bond acceptors (Lipinski definition) is 10. The van der Waals surface area contributed by atoms with Gasteiger partial charge >= 0.3 is 5.97 Å². The lowest BCUT2D eigenvalue weighted by Crippen LogP contribution is -2.13. The Labute approximate surface area is 206 Å². The standard InChI is InChI=1S/C21H17BrN4O5S2/c1-11(2)32-21-25-20(33-26-21)24-18(27)13(10-23)7-12-8-14(22)17(16(9-12)29-3)31-19(28)15-5-4-6-30-15/h4-9,11H,1-3H3,(H,24,25,26,27)/b13-7-. The van der Waals surface area contributed by atoms with E-state index in [2.05, 4.69) is 30.6 Å². The van der Waals surface area contributed by atoms with Crippen LogP contribution in [-0.2, 0) is 4.79 Å². The van der Waals surface area contributed by atoms with Gasteiger partial charge in [-0.15, -0.1) is 0 Å². The van der Waals surface area contributed by atoms with Gasteiger partial charge in [-0.25, -0.2) is 4.79 Å². The molecule has 1 amide bonds. The number of anilines is 1. The number of methoxy groups -OCH3 is 1. The van der Waals surface area contributed by atoms with Crippen LogP contribution in [0, 0.1) is 11.3 Å². The minimum Gasteiger partial charge on any atom is -0.493 e. The molecule has 0 saturated heterocycles. The molecule has 3 rings (SSSR count). The molecular formula is C21H17BrN4O5S2. The number of nitrogens with zero attached hydrogens (tertiary/aromatic N) is 3. The maximum Gasteiger partial charge on any atom is 0.379 e. The molecule has 0 spiro atoms. The Bertz CT molecular complexity index is 1230. The van der Waals surface area contributed by atoms with Gasteiger partial charge in [0.05, 0.1) is 17.8 Å². The highest BCUT2D eigenvalue weighted by molar-refractivity contribution is 9.10. The normalized spacial score (nSPS) is 11.2. The van der Waals surface area contributed by atoms with E-state index in [1.165, 1.54) is 43.3 Å². The number of thioether (sulfide) groups is 1. The van der Waals surface area contributed by atoms with E-state index >= 15 is 0 Å². The Morgan fingerprint density at radius 1 is 1.39 bits per heavy atom. The van der Waals surface area contributed by atoms with Crippen LogP contribution in [0.15, 0.2) is 50.1 Å². The first kappa shape index (κ1) is 24.5. The Hall–Kier alpha value is -3.14. The topological polar surface area (TPSA) is 127 Å². The lowest BCUT2D eigenvalue weighted by molar-refractivity contribution is -0.112. The summed E-state index contributed by atoms with van der Waals surface area (Å²) in [4.78, 5) is 29.0. The molecule has 0 unspecified atom stereocenters. The molecule has 3 aromatic rings. The second-order valence-electron chi connectivity index (χ2n) is 6.57. The Morgan fingerprint density at radius 3 is 2.82 bits per heavy atom. The molecule has 0 fully saturated rings. The zero-order chi connectivity index (χ0) is 24.0. The Kier molecular flexibility index (Phi) is 8.26. The smallest absolute Gasteiger partial charge is 0.379 e. The minimum absolute atomic E-state index is 0.0305. The molecule has 0 saturated carbocycles. The predicted molar refractivity (Wildman–Crippen MR) is 127 cm³/mol. The van der Waals surface area contributed by atoms with E-state index in [9.17, 15) is 14.9 Å². The van der Waals surface area contributed by atoms with Crippen LogP contribution in [0.5, 0.6) is 11.5 Å². The molecule has 9 nitrogen and oxygen atoms in total. The molecule has 0 aliphatic carbocycles.